The van der Waals surface area contributed by atoms with E-state index in [0.29, 0.717) is 0 Å². The first-order chi connectivity index (χ1) is 5.46. The Balaban J connectivity index is 2.56. The molecule has 0 atom stereocenters. The van der Waals surface area contributed by atoms with E-state index in [1.165, 1.54) is 0 Å². The van der Waals surface area contributed by atoms with Gasteiger partial charge in [0.05, 0.1) is 0 Å². The van der Waals surface area contributed by atoms with Gasteiger partial charge in [0.2, 0.25) is 34.8 Å². The average molecular weight is 271 g/mol. The second-order valence-electron chi connectivity index (χ2n) is 2.76. The van der Waals surface area contributed by atoms with Gasteiger partial charge in [-0.1, -0.05) is 0 Å². The number of halogens is 2. The molecule has 4 radical (unpaired) electrons. The Bertz CT molecular complexity index is 143. The van der Waals surface area contributed by atoms with Gasteiger partial charge in [0.25, 0.3) is 0 Å². The summed E-state index contributed by atoms with van der Waals surface area (Å²) >= 11 is 12.3. The molecule has 0 amide bonds. The van der Waals surface area contributed by atoms with E-state index in [0.717, 1.165) is 0 Å². The molecule has 0 aromatic rings. The first-order valence-electron chi connectivity index (χ1n) is 3.72. The minimum atomic E-state index is -0.727. The van der Waals surface area contributed by atoms with Gasteiger partial charge >= 0.3 is 0 Å². The van der Waals surface area contributed by atoms with Crippen LogP contribution in [-0.4, -0.2) is 42.6 Å². The molecule has 0 unspecified atom stereocenters. The van der Waals surface area contributed by atoms with Crippen molar-refractivity contribution in [3.63, 3.8) is 0 Å². The SMILES string of the molecule is C[Si](Cl)N1[Si](C)N([Si](C)Cl)[Si]1C. The van der Waals surface area contributed by atoms with Gasteiger partial charge in [-0.05, 0) is 26.2 Å². The van der Waals surface area contributed by atoms with Gasteiger partial charge in [0.1, 0.15) is 0 Å². The van der Waals surface area contributed by atoms with Crippen molar-refractivity contribution < 1.29 is 0 Å². The molecule has 0 saturated carbocycles. The molecule has 1 heterocycles. The molecule has 0 bridgehead atoms. The molecule has 0 spiro atoms. The van der Waals surface area contributed by atoms with Crippen LogP contribution in [0.5, 0.6) is 0 Å². The second-order valence-corrected chi connectivity index (χ2v) is 15.6. The van der Waals surface area contributed by atoms with Crippen LogP contribution in [0.25, 0.3) is 0 Å². The Labute approximate surface area is 90.8 Å². The Kier molecular flexibility index (Phi) is 4.06. The highest BCUT2D eigenvalue weighted by atomic mass is 35.6. The zero-order chi connectivity index (χ0) is 9.46. The molecule has 1 rings (SSSR count). The molecule has 68 valence electrons. The Morgan fingerprint density at radius 3 is 1.33 bits per heavy atom. The van der Waals surface area contributed by atoms with E-state index in [-0.39, 0.29) is 0 Å². The van der Waals surface area contributed by atoms with E-state index in [2.05, 4.69) is 34.0 Å². The van der Waals surface area contributed by atoms with Gasteiger partial charge in [-0.3, -0.25) is 0 Å². The Hall–Kier alpha value is 1.37. The van der Waals surface area contributed by atoms with Crippen molar-refractivity contribution >= 4 is 56.9 Å². The van der Waals surface area contributed by atoms with Crippen molar-refractivity contribution in [2.45, 2.75) is 26.2 Å². The van der Waals surface area contributed by atoms with Crippen LogP contribution < -0.4 is 0 Å². The van der Waals surface area contributed by atoms with Gasteiger partial charge in [-0.15, -0.1) is 22.2 Å². The zero-order valence-corrected chi connectivity index (χ0v) is 13.2. The molecule has 0 aromatic carbocycles. The summed E-state index contributed by atoms with van der Waals surface area (Å²) in [4.78, 5) is 0. The molecule has 0 N–H and O–H groups in total. The summed E-state index contributed by atoms with van der Waals surface area (Å²) in [6.07, 6.45) is 0. The smallest absolute Gasteiger partial charge is 0.236 e. The maximum Gasteiger partial charge on any atom is 0.236 e. The first kappa shape index (κ1) is 11.4. The van der Waals surface area contributed by atoms with Gasteiger partial charge in [0, 0.05) is 0 Å². The predicted molar refractivity (Wildman–Crippen MR) is 61.9 cm³/mol. The Morgan fingerprint density at radius 2 is 1.17 bits per heavy atom. The highest BCUT2D eigenvalue weighted by Gasteiger charge is 2.48. The molecule has 0 aromatic heterocycles. The van der Waals surface area contributed by atoms with E-state index in [4.69, 9.17) is 22.2 Å². The highest BCUT2D eigenvalue weighted by molar-refractivity contribution is 7.20. The summed E-state index contributed by atoms with van der Waals surface area (Å²) in [5.41, 5.74) is 0. The van der Waals surface area contributed by atoms with Crippen LogP contribution in [0.2, 0.25) is 26.2 Å². The first-order valence-corrected chi connectivity index (χ1v) is 13.4. The van der Waals surface area contributed by atoms with Crippen LogP contribution in [0.3, 0.4) is 0 Å². The summed E-state index contributed by atoms with van der Waals surface area (Å²) < 4.78 is 5.11. The number of hydrogen-bond acceptors (Lipinski definition) is 2. The highest BCUT2D eigenvalue weighted by Crippen LogP contribution is 2.25. The lowest BCUT2D eigenvalue weighted by Gasteiger charge is -2.54. The van der Waals surface area contributed by atoms with Crippen LogP contribution >= 0.6 is 22.2 Å². The van der Waals surface area contributed by atoms with E-state index in [9.17, 15) is 0 Å². The third-order valence-corrected chi connectivity index (χ3v) is 20.2. The molecule has 1 aliphatic heterocycles. The largest absolute Gasteiger partial charge is 0.334 e. The van der Waals surface area contributed by atoms with Gasteiger partial charge in [0.15, 0.2) is 0 Å². The summed E-state index contributed by atoms with van der Waals surface area (Å²) in [5.74, 6) is 0. The molecule has 0 aliphatic carbocycles. The molecule has 12 heavy (non-hydrogen) atoms. The number of hydrogen-bond donors (Lipinski definition) is 0. The van der Waals surface area contributed by atoms with E-state index in [1.54, 1.807) is 0 Å². The van der Waals surface area contributed by atoms with Crippen molar-refractivity contribution in [2.24, 2.45) is 0 Å². The van der Waals surface area contributed by atoms with Crippen LogP contribution in [0.15, 0.2) is 0 Å². The van der Waals surface area contributed by atoms with Crippen molar-refractivity contribution in [3.8, 4) is 0 Å². The fourth-order valence-electron chi connectivity index (χ4n) is 1.52. The third-order valence-electron chi connectivity index (χ3n) is 1.91. The fraction of sp³-hybridized carbons (Fsp3) is 1.00. The fourth-order valence-corrected chi connectivity index (χ4v) is 20.7. The summed E-state index contributed by atoms with van der Waals surface area (Å²) in [6.45, 7) is 8.91. The van der Waals surface area contributed by atoms with Crippen LogP contribution in [0.4, 0.5) is 0 Å². The van der Waals surface area contributed by atoms with E-state index < -0.39 is 34.8 Å². The van der Waals surface area contributed by atoms with Crippen LogP contribution in [-0.2, 0) is 0 Å². The van der Waals surface area contributed by atoms with E-state index >= 15 is 0 Å². The molecule has 1 saturated heterocycles. The summed E-state index contributed by atoms with van der Waals surface area (Å²) in [6, 6.07) is 0. The Morgan fingerprint density at radius 1 is 0.917 bits per heavy atom. The molecule has 8 heteroatoms. The minimum absolute atomic E-state index is 0.479. The van der Waals surface area contributed by atoms with Gasteiger partial charge in [-0.2, -0.15) is 0 Å². The molecule has 1 aliphatic rings. The topological polar surface area (TPSA) is 6.48 Å². The number of nitrogens with zero attached hydrogens (tertiary/aromatic N) is 2. The lowest BCUT2D eigenvalue weighted by atomic mass is 11.9. The lowest BCUT2D eigenvalue weighted by Crippen LogP contribution is -2.79. The number of rotatable bonds is 2. The monoisotopic (exact) mass is 270 g/mol. The van der Waals surface area contributed by atoms with Crippen LogP contribution in [0.1, 0.15) is 0 Å². The molecule has 2 nitrogen and oxygen atoms in total. The molecular formula is C4H12Cl2N2Si4. The zero-order valence-electron chi connectivity index (χ0n) is 7.65. The lowest BCUT2D eigenvalue weighted by molar-refractivity contribution is 0.725. The van der Waals surface area contributed by atoms with E-state index in [1.807, 2.05) is 0 Å². The predicted octanol–water partition coefficient (Wildman–Crippen LogP) is 1.55. The third kappa shape index (κ3) is 1.90. The van der Waals surface area contributed by atoms with Crippen molar-refractivity contribution in [1.29, 1.82) is 0 Å². The van der Waals surface area contributed by atoms with Crippen molar-refractivity contribution in [2.75, 3.05) is 0 Å². The van der Waals surface area contributed by atoms with Crippen LogP contribution in [0, 0.1) is 0 Å². The maximum atomic E-state index is 6.16. The standard InChI is InChI=1S/C4H12Cl2N2Si4/c1-9(5)7-11(3)8(10(2)6)12(7)4/h1-4H3. The quantitative estimate of drug-likeness (QED) is 0.555. The maximum absolute atomic E-state index is 6.16. The molecule has 1 fully saturated rings. The van der Waals surface area contributed by atoms with Gasteiger partial charge in [-0.25, -0.2) is 0 Å². The summed E-state index contributed by atoms with van der Waals surface area (Å²) in [5, 5.41) is 0. The van der Waals surface area contributed by atoms with Gasteiger partial charge < -0.3 is 7.79 Å². The van der Waals surface area contributed by atoms with Crippen molar-refractivity contribution in [3.05, 3.63) is 0 Å². The van der Waals surface area contributed by atoms with Crippen molar-refractivity contribution in [1.82, 2.24) is 7.79 Å². The second kappa shape index (κ2) is 4.26. The normalized spacial score (nSPS) is 24.0. The summed E-state index contributed by atoms with van der Waals surface area (Å²) in [7, 11) is -2.41. The average Bonchev–Trinajstić information content (AvgIpc) is 1.84. The molecular weight excluding hydrogens is 259 g/mol. The minimum Gasteiger partial charge on any atom is -0.334 e.